The smallest absolute Gasteiger partial charge is 0.0561 e. The molecule has 0 aliphatic carbocycles. The van der Waals surface area contributed by atoms with E-state index >= 15 is 0 Å². The van der Waals surface area contributed by atoms with Gasteiger partial charge in [0.2, 0.25) is 0 Å². The lowest BCUT2D eigenvalue weighted by atomic mass is 10.1. The topological polar surface area (TPSA) is 11.4 Å². The highest BCUT2D eigenvalue weighted by Crippen LogP contribution is 2.43. The van der Waals surface area contributed by atoms with Crippen LogP contribution in [0.15, 0.2) is 200 Å². The van der Waals surface area contributed by atoms with Gasteiger partial charge in [0.1, 0.15) is 0 Å². The van der Waals surface area contributed by atoms with E-state index in [9.17, 15) is 0 Å². The minimum atomic E-state index is 1.11. The normalized spacial score (nSPS) is 11.5. The summed E-state index contributed by atoms with van der Waals surface area (Å²) < 4.78 is 5.06. The van der Waals surface area contributed by atoms with Crippen LogP contribution in [0.25, 0.3) is 47.7 Å². The van der Waals surface area contributed by atoms with Crippen LogP contribution in [0.4, 0.5) is 34.1 Å². The molecule has 246 valence electrons. The quantitative estimate of drug-likeness (QED) is 0.166. The Bertz CT molecular complexity index is 2750. The van der Waals surface area contributed by atoms with Crippen molar-refractivity contribution in [1.82, 2.24) is 4.57 Å². The van der Waals surface area contributed by atoms with Gasteiger partial charge in [0.05, 0.1) is 11.0 Å². The van der Waals surface area contributed by atoms with E-state index in [0.717, 1.165) is 39.8 Å². The highest BCUT2D eigenvalue weighted by atomic mass is 32.1. The molecule has 0 fully saturated rings. The van der Waals surface area contributed by atoms with Crippen molar-refractivity contribution < 1.29 is 0 Å². The average molecular weight is 684 g/mol. The molecule has 0 aliphatic rings. The largest absolute Gasteiger partial charge is 0.311 e. The van der Waals surface area contributed by atoms with Gasteiger partial charge in [0.15, 0.2) is 0 Å². The molecule has 8 aromatic carbocycles. The first-order chi connectivity index (χ1) is 25.8. The van der Waals surface area contributed by atoms with Crippen LogP contribution < -0.4 is 9.80 Å². The Labute approximate surface area is 306 Å². The van der Waals surface area contributed by atoms with E-state index in [2.05, 4.69) is 215 Å². The number of hydrogen-bond donors (Lipinski definition) is 0. The summed E-state index contributed by atoms with van der Waals surface area (Å²) in [6.45, 7) is 0. The Morgan fingerprint density at radius 2 is 0.769 bits per heavy atom. The molecule has 2 heterocycles. The van der Waals surface area contributed by atoms with Crippen LogP contribution in [0.2, 0.25) is 0 Å². The molecule has 0 unspecified atom stereocenters. The van der Waals surface area contributed by atoms with Gasteiger partial charge in [-0.15, -0.1) is 11.3 Å². The van der Waals surface area contributed by atoms with Gasteiger partial charge in [0.25, 0.3) is 0 Å². The van der Waals surface area contributed by atoms with Crippen molar-refractivity contribution in [1.29, 1.82) is 0 Å². The zero-order valence-corrected chi connectivity index (χ0v) is 29.1. The number of aromatic nitrogens is 1. The van der Waals surface area contributed by atoms with Crippen LogP contribution in [0.3, 0.4) is 0 Å². The Morgan fingerprint density at radius 3 is 1.35 bits per heavy atom. The molecule has 52 heavy (non-hydrogen) atoms. The third-order valence-electron chi connectivity index (χ3n) is 9.93. The summed E-state index contributed by atoms with van der Waals surface area (Å²) in [5.41, 5.74) is 10.2. The molecule has 10 aromatic rings. The van der Waals surface area contributed by atoms with Crippen molar-refractivity contribution in [3.8, 4) is 5.69 Å². The molecule has 0 spiro atoms. The number of para-hydroxylation sites is 4. The van der Waals surface area contributed by atoms with E-state index in [1.54, 1.807) is 0 Å². The fourth-order valence-electron chi connectivity index (χ4n) is 7.59. The maximum absolute atomic E-state index is 2.45. The van der Waals surface area contributed by atoms with E-state index in [1.807, 2.05) is 11.3 Å². The van der Waals surface area contributed by atoms with Crippen molar-refractivity contribution in [3.05, 3.63) is 200 Å². The fourth-order valence-corrected chi connectivity index (χ4v) is 8.72. The average Bonchev–Trinajstić information content (AvgIpc) is 3.73. The Morgan fingerprint density at radius 1 is 0.308 bits per heavy atom. The van der Waals surface area contributed by atoms with E-state index in [1.165, 1.54) is 42.0 Å². The molecule has 0 saturated carbocycles. The minimum Gasteiger partial charge on any atom is -0.311 e. The Hall–Kier alpha value is -6.62. The monoisotopic (exact) mass is 683 g/mol. The standard InChI is InChI=1S/C48H33N3S/c1-5-15-34(16-6-1)49(35-17-7-2-8-18-35)38-25-27-39(28-26-38)51-45-31-40(50(36-19-9-3-10-20-36)37-21-11-4-12-22-37)29-30-41(45)43-32-44-42-23-13-14-24-47(42)52-48(44)33-46(43)51/h1-33H. The maximum atomic E-state index is 2.45. The highest BCUT2D eigenvalue weighted by Gasteiger charge is 2.20. The van der Waals surface area contributed by atoms with Crippen molar-refractivity contribution in [2.75, 3.05) is 9.80 Å². The minimum absolute atomic E-state index is 1.11. The molecule has 0 bridgehead atoms. The number of anilines is 6. The van der Waals surface area contributed by atoms with Crippen molar-refractivity contribution >= 4 is 87.4 Å². The van der Waals surface area contributed by atoms with Gasteiger partial charge in [-0.3, -0.25) is 0 Å². The molecule has 0 radical (unpaired) electrons. The SMILES string of the molecule is c1ccc(N(c2ccccc2)c2ccc(-n3c4cc(N(c5ccccc5)c5ccccc5)ccc4c4cc5c(cc43)sc3ccccc35)cc2)cc1. The van der Waals surface area contributed by atoms with Gasteiger partial charge in [-0.2, -0.15) is 0 Å². The molecule has 0 aliphatic heterocycles. The first-order valence-electron chi connectivity index (χ1n) is 17.6. The van der Waals surface area contributed by atoms with Gasteiger partial charge in [-0.05, 0) is 103 Å². The van der Waals surface area contributed by atoms with Gasteiger partial charge in [0, 0.05) is 70.8 Å². The summed E-state index contributed by atoms with van der Waals surface area (Å²) in [5, 5.41) is 5.11. The molecule has 2 aromatic heterocycles. The second-order valence-corrected chi connectivity index (χ2v) is 14.1. The molecule has 0 amide bonds. The van der Waals surface area contributed by atoms with Crippen LogP contribution in [-0.4, -0.2) is 4.57 Å². The molecule has 3 nitrogen and oxygen atoms in total. The molecular formula is C48H33N3S. The van der Waals surface area contributed by atoms with E-state index in [0.29, 0.717) is 0 Å². The van der Waals surface area contributed by atoms with Crippen LogP contribution in [0.1, 0.15) is 0 Å². The predicted octanol–water partition coefficient (Wildman–Crippen LogP) is 14.1. The highest BCUT2D eigenvalue weighted by molar-refractivity contribution is 7.25. The maximum Gasteiger partial charge on any atom is 0.0561 e. The van der Waals surface area contributed by atoms with Gasteiger partial charge < -0.3 is 14.4 Å². The lowest BCUT2D eigenvalue weighted by Gasteiger charge is -2.26. The Kier molecular flexibility index (Phi) is 7.33. The summed E-state index contributed by atoms with van der Waals surface area (Å²) in [5.74, 6) is 0. The van der Waals surface area contributed by atoms with E-state index < -0.39 is 0 Å². The first kappa shape index (κ1) is 30.2. The number of benzene rings is 8. The molecule has 4 heteroatoms. The number of hydrogen-bond acceptors (Lipinski definition) is 3. The van der Waals surface area contributed by atoms with Crippen molar-refractivity contribution in [3.63, 3.8) is 0 Å². The first-order valence-corrected chi connectivity index (χ1v) is 18.4. The summed E-state index contributed by atoms with van der Waals surface area (Å²) in [4.78, 5) is 4.65. The fraction of sp³-hybridized carbons (Fsp3) is 0. The van der Waals surface area contributed by atoms with Gasteiger partial charge in [-0.1, -0.05) is 97.1 Å². The van der Waals surface area contributed by atoms with Crippen LogP contribution in [0, 0.1) is 0 Å². The van der Waals surface area contributed by atoms with Crippen LogP contribution in [-0.2, 0) is 0 Å². The van der Waals surface area contributed by atoms with Crippen LogP contribution >= 0.6 is 11.3 Å². The zero-order valence-electron chi connectivity index (χ0n) is 28.3. The number of thiophene rings is 1. The number of nitrogens with zero attached hydrogens (tertiary/aromatic N) is 3. The van der Waals surface area contributed by atoms with E-state index in [-0.39, 0.29) is 0 Å². The van der Waals surface area contributed by atoms with E-state index in [4.69, 9.17) is 0 Å². The van der Waals surface area contributed by atoms with Crippen LogP contribution in [0.5, 0.6) is 0 Å². The molecule has 0 saturated heterocycles. The lowest BCUT2D eigenvalue weighted by Crippen LogP contribution is -2.10. The summed E-state index contributed by atoms with van der Waals surface area (Å²) in [6.07, 6.45) is 0. The summed E-state index contributed by atoms with van der Waals surface area (Å²) in [7, 11) is 0. The molecular weight excluding hydrogens is 651 g/mol. The molecule has 0 N–H and O–H groups in total. The van der Waals surface area contributed by atoms with Crippen molar-refractivity contribution in [2.24, 2.45) is 0 Å². The summed E-state index contributed by atoms with van der Waals surface area (Å²) in [6, 6.07) is 72.0. The predicted molar refractivity (Wildman–Crippen MR) is 223 cm³/mol. The lowest BCUT2D eigenvalue weighted by molar-refractivity contribution is 1.17. The van der Waals surface area contributed by atoms with Gasteiger partial charge >= 0.3 is 0 Å². The third-order valence-corrected chi connectivity index (χ3v) is 11.1. The third kappa shape index (κ3) is 5.12. The summed E-state index contributed by atoms with van der Waals surface area (Å²) >= 11 is 1.87. The molecule has 0 atom stereocenters. The van der Waals surface area contributed by atoms with Crippen molar-refractivity contribution in [2.45, 2.75) is 0 Å². The van der Waals surface area contributed by atoms with Gasteiger partial charge in [-0.25, -0.2) is 0 Å². The second kappa shape index (κ2) is 12.6. The second-order valence-electron chi connectivity index (χ2n) is 13.0. The number of rotatable bonds is 7. The Balaban J connectivity index is 1.20. The molecule has 10 rings (SSSR count). The number of fused-ring (bicyclic) bond motifs is 6. The zero-order chi connectivity index (χ0) is 34.4.